The van der Waals surface area contributed by atoms with Gasteiger partial charge in [0.05, 0.1) is 27.9 Å². The van der Waals surface area contributed by atoms with Crippen LogP contribution < -0.4 is 5.73 Å². The highest BCUT2D eigenvalue weighted by atomic mass is 32.1. The van der Waals surface area contributed by atoms with E-state index >= 15 is 0 Å². The van der Waals surface area contributed by atoms with Gasteiger partial charge < -0.3 is 20.6 Å². The lowest BCUT2D eigenvalue weighted by atomic mass is 9.87. The number of ketones is 1. The van der Waals surface area contributed by atoms with Gasteiger partial charge in [0.15, 0.2) is 11.4 Å². The van der Waals surface area contributed by atoms with Crippen molar-refractivity contribution in [3.8, 4) is 10.6 Å². The Morgan fingerprint density at radius 3 is 2.53 bits per heavy atom. The minimum Gasteiger partial charge on any atom is -0.478 e. The fourth-order valence-electron chi connectivity index (χ4n) is 2.89. The van der Waals surface area contributed by atoms with Gasteiger partial charge >= 0.3 is 5.97 Å². The maximum absolute atomic E-state index is 12.5. The van der Waals surface area contributed by atoms with Gasteiger partial charge in [-0.2, -0.15) is 0 Å². The Morgan fingerprint density at radius 2 is 2.00 bits per heavy atom. The monoisotopic (exact) mass is 430 g/mol. The number of carbonyl (C=O) groups is 2. The molecular weight excluding hydrogens is 404 g/mol. The molecule has 1 saturated heterocycles. The molecule has 0 spiro atoms. The Hall–Kier alpha value is -2.62. The van der Waals surface area contributed by atoms with E-state index in [9.17, 15) is 9.59 Å². The fourth-order valence-corrected chi connectivity index (χ4v) is 3.72. The van der Waals surface area contributed by atoms with E-state index < -0.39 is 11.4 Å². The number of nitrogens with two attached hydrogens (primary N) is 1. The van der Waals surface area contributed by atoms with E-state index in [4.69, 9.17) is 15.6 Å². The number of hydrogen-bond donors (Lipinski definition) is 3. The zero-order valence-electron chi connectivity index (χ0n) is 17.3. The maximum atomic E-state index is 12.5. The average molecular weight is 431 g/mol. The van der Waals surface area contributed by atoms with Crippen LogP contribution in [0.2, 0.25) is 0 Å². The summed E-state index contributed by atoms with van der Waals surface area (Å²) in [6.45, 7) is 7.28. The summed E-state index contributed by atoms with van der Waals surface area (Å²) in [5, 5.41) is 10.6. The molecule has 0 aromatic carbocycles. The normalized spacial score (nSPS) is 14.9. The number of hydrogen-bond acceptors (Lipinski definition) is 7. The first-order chi connectivity index (χ1) is 14.2. The summed E-state index contributed by atoms with van der Waals surface area (Å²) < 4.78 is 5.06. The Kier molecular flexibility index (Phi) is 6.64. The van der Waals surface area contributed by atoms with E-state index in [0.717, 1.165) is 26.1 Å². The van der Waals surface area contributed by atoms with Crippen LogP contribution in [0.25, 0.3) is 21.7 Å². The number of aromatic amines is 1. The van der Waals surface area contributed by atoms with Crippen molar-refractivity contribution in [2.45, 2.75) is 39.7 Å². The minimum absolute atomic E-state index is 0.0207. The molecule has 1 aliphatic rings. The zero-order valence-corrected chi connectivity index (χ0v) is 18.1. The molecule has 3 aromatic rings. The number of nitrogens with zero attached hydrogens (tertiary/aromatic N) is 2. The average Bonchev–Trinajstić information content (AvgIpc) is 3.35. The highest BCUT2D eigenvalue weighted by Gasteiger charge is 2.26. The molecule has 4 rings (SSSR count). The number of carbonyl (C=O) groups excluding carboxylic acids is 1. The Balaban J connectivity index is 0.000000310. The van der Waals surface area contributed by atoms with Crippen LogP contribution in [0, 0.1) is 5.41 Å². The van der Waals surface area contributed by atoms with Gasteiger partial charge in [0, 0.05) is 36.2 Å². The number of rotatable bonds is 3. The number of nitrogens with one attached hydrogen (secondary N) is 1. The molecular formula is C21H26N4O4S. The second kappa shape index (κ2) is 9.03. The summed E-state index contributed by atoms with van der Waals surface area (Å²) in [6.07, 6.45) is 5.28. The summed E-state index contributed by atoms with van der Waals surface area (Å²) in [4.78, 5) is 36.0. The maximum Gasteiger partial charge on any atom is 0.336 e. The molecule has 30 heavy (non-hydrogen) atoms. The third-order valence-corrected chi connectivity index (χ3v) is 5.62. The van der Waals surface area contributed by atoms with Crippen molar-refractivity contribution in [1.82, 2.24) is 15.0 Å². The van der Waals surface area contributed by atoms with Gasteiger partial charge in [0.1, 0.15) is 5.52 Å². The number of H-pyrrole nitrogens is 1. The van der Waals surface area contributed by atoms with Gasteiger partial charge in [0.2, 0.25) is 0 Å². The van der Waals surface area contributed by atoms with Gasteiger partial charge in [-0.15, -0.1) is 11.3 Å². The molecule has 8 nitrogen and oxygen atoms in total. The van der Waals surface area contributed by atoms with Crippen LogP contribution in [0.5, 0.6) is 0 Å². The fraction of sp³-hybridized carbons (Fsp3) is 0.429. The van der Waals surface area contributed by atoms with Crippen LogP contribution in [0.1, 0.15) is 54.3 Å². The lowest BCUT2D eigenvalue weighted by Gasteiger charge is -2.16. The number of Topliss-reactive ketones (excluding diaryl/α,β-unsaturated/α-hetero) is 1. The van der Waals surface area contributed by atoms with Crippen molar-refractivity contribution < 1.29 is 19.4 Å². The number of ether oxygens (including phenoxy) is 1. The first kappa shape index (κ1) is 22.1. The summed E-state index contributed by atoms with van der Waals surface area (Å²) in [6, 6.07) is 1.97. The van der Waals surface area contributed by atoms with Crippen LogP contribution in [0.4, 0.5) is 0 Å². The van der Waals surface area contributed by atoms with E-state index in [0.29, 0.717) is 33.3 Å². The second-order valence-corrected chi connectivity index (χ2v) is 9.10. The predicted octanol–water partition coefficient (Wildman–Crippen LogP) is 3.74. The van der Waals surface area contributed by atoms with Gasteiger partial charge in [-0.3, -0.25) is 4.79 Å². The largest absolute Gasteiger partial charge is 0.478 e. The molecule has 1 fully saturated rings. The van der Waals surface area contributed by atoms with Crippen LogP contribution >= 0.6 is 11.3 Å². The number of thiophene rings is 1. The van der Waals surface area contributed by atoms with E-state index in [1.54, 1.807) is 23.8 Å². The van der Waals surface area contributed by atoms with Gasteiger partial charge in [-0.1, -0.05) is 20.8 Å². The van der Waals surface area contributed by atoms with Crippen LogP contribution in [0.3, 0.4) is 0 Å². The standard InChI is InChI=1S/C16H15N3O3S.C5H11NO/c1-16(2,3)13(20)9-5-17-14-12(9)19-10(6-18-14)11-4-8(7-23-11)15(21)22;6-5-1-3-7-4-2-5/h4-7H,1-3H3,(H,17,18)(H,21,22);5H,1-4,6H2. The number of carboxylic acids is 1. The number of carboxylic acid groups (broad SMARTS) is 1. The molecule has 9 heteroatoms. The second-order valence-electron chi connectivity index (χ2n) is 8.19. The van der Waals surface area contributed by atoms with Crippen LogP contribution in [-0.2, 0) is 4.74 Å². The van der Waals surface area contributed by atoms with Crippen LogP contribution in [-0.4, -0.2) is 51.1 Å². The molecule has 0 aliphatic carbocycles. The van der Waals surface area contributed by atoms with Gasteiger partial charge in [-0.05, 0) is 18.9 Å². The number of fused-ring (bicyclic) bond motifs is 1. The third-order valence-electron chi connectivity index (χ3n) is 4.67. The van der Waals surface area contributed by atoms with E-state index in [2.05, 4.69) is 15.0 Å². The van der Waals surface area contributed by atoms with E-state index in [1.807, 2.05) is 20.8 Å². The van der Waals surface area contributed by atoms with Crippen LogP contribution in [0.15, 0.2) is 23.8 Å². The highest BCUT2D eigenvalue weighted by Crippen LogP contribution is 2.29. The smallest absolute Gasteiger partial charge is 0.336 e. The molecule has 160 valence electrons. The quantitative estimate of drug-likeness (QED) is 0.539. The third kappa shape index (κ3) is 5.10. The van der Waals surface area contributed by atoms with Crippen molar-refractivity contribution in [3.63, 3.8) is 0 Å². The molecule has 0 unspecified atom stereocenters. The van der Waals surface area contributed by atoms with Gasteiger partial charge in [0.25, 0.3) is 0 Å². The minimum atomic E-state index is -0.980. The van der Waals surface area contributed by atoms with Crippen molar-refractivity contribution >= 4 is 34.3 Å². The summed E-state index contributed by atoms with van der Waals surface area (Å²) >= 11 is 1.28. The Bertz CT molecular complexity index is 1040. The first-order valence-electron chi connectivity index (χ1n) is 9.71. The lowest BCUT2D eigenvalue weighted by molar-refractivity contribution is 0.0697. The molecule has 3 aromatic heterocycles. The van der Waals surface area contributed by atoms with E-state index in [1.165, 1.54) is 11.3 Å². The predicted molar refractivity (Wildman–Crippen MR) is 116 cm³/mol. The number of aromatic carboxylic acids is 1. The van der Waals surface area contributed by atoms with Gasteiger partial charge in [-0.25, -0.2) is 14.8 Å². The van der Waals surface area contributed by atoms with E-state index in [-0.39, 0.29) is 11.3 Å². The molecule has 4 N–H and O–H groups in total. The lowest BCUT2D eigenvalue weighted by Crippen LogP contribution is -2.28. The number of aromatic nitrogens is 3. The SMILES string of the molecule is CC(C)(C)C(=O)c1c[nH]c2ncc(-c3cc(C(=O)O)cs3)nc12.NC1CCOCC1. The van der Waals surface area contributed by atoms with Crippen molar-refractivity contribution in [2.75, 3.05) is 13.2 Å². The summed E-state index contributed by atoms with van der Waals surface area (Å²) in [5.41, 5.74) is 7.34. The molecule has 1 aliphatic heterocycles. The topological polar surface area (TPSA) is 131 Å². The zero-order chi connectivity index (χ0) is 21.9. The molecule has 0 atom stereocenters. The van der Waals surface area contributed by atoms with Crippen molar-refractivity contribution in [1.29, 1.82) is 0 Å². The summed E-state index contributed by atoms with van der Waals surface area (Å²) in [5.74, 6) is -1.00. The Morgan fingerprint density at radius 1 is 1.30 bits per heavy atom. The molecule has 0 amide bonds. The summed E-state index contributed by atoms with van der Waals surface area (Å²) in [7, 11) is 0. The molecule has 0 radical (unpaired) electrons. The molecule has 0 bridgehead atoms. The Labute approximate surface area is 178 Å². The molecule has 0 saturated carbocycles. The van der Waals surface area contributed by atoms with Crippen molar-refractivity contribution in [3.05, 3.63) is 35.0 Å². The van der Waals surface area contributed by atoms with Crippen molar-refractivity contribution in [2.24, 2.45) is 11.1 Å². The first-order valence-corrected chi connectivity index (χ1v) is 10.6. The highest BCUT2D eigenvalue weighted by molar-refractivity contribution is 7.13. The molecule has 4 heterocycles.